The number of carbonyl (C=O) groups is 1. The van der Waals surface area contributed by atoms with Crippen LogP contribution in [0.4, 0.5) is 0 Å². The maximum atomic E-state index is 11.5. The van der Waals surface area contributed by atoms with E-state index in [4.69, 9.17) is 0 Å². The Morgan fingerprint density at radius 3 is 2.83 bits per heavy atom. The quantitative estimate of drug-likeness (QED) is 0.701. The van der Waals surface area contributed by atoms with Gasteiger partial charge in [0.2, 0.25) is 5.78 Å². The number of nitrogens with one attached hydrogen (secondary N) is 1. The Labute approximate surface area is 73.9 Å². The second-order valence-electron chi connectivity index (χ2n) is 2.39. The van der Waals surface area contributed by atoms with Crippen LogP contribution in [0.3, 0.4) is 0 Å². The van der Waals surface area contributed by atoms with Crippen molar-refractivity contribution in [2.45, 2.75) is 0 Å². The van der Waals surface area contributed by atoms with Crippen LogP contribution in [-0.4, -0.2) is 10.8 Å². The van der Waals surface area contributed by atoms with E-state index in [1.54, 1.807) is 12.3 Å². The molecular formula is C9H7NOS. The number of aromatic amines is 1. The van der Waals surface area contributed by atoms with Crippen LogP contribution < -0.4 is 0 Å². The van der Waals surface area contributed by atoms with E-state index in [9.17, 15) is 4.79 Å². The third-order valence-electron chi connectivity index (χ3n) is 1.59. The minimum atomic E-state index is 0.0648. The molecule has 60 valence electrons. The molecule has 0 bridgehead atoms. The topological polar surface area (TPSA) is 32.9 Å². The van der Waals surface area contributed by atoms with Crippen LogP contribution in [0.5, 0.6) is 0 Å². The van der Waals surface area contributed by atoms with E-state index < -0.39 is 0 Å². The predicted octanol–water partition coefficient (Wildman–Crippen LogP) is 2.31. The Balaban J connectivity index is 2.34. The van der Waals surface area contributed by atoms with Crippen LogP contribution in [-0.2, 0) is 0 Å². The lowest BCUT2D eigenvalue weighted by atomic mass is 10.2. The lowest BCUT2D eigenvalue weighted by molar-refractivity contribution is 0.103. The first kappa shape index (κ1) is 7.31. The minimum Gasteiger partial charge on any atom is -0.358 e. The van der Waals surface area contributed by atoms with E-state index in [0.717, 1.165) is 4.88 Å². The van der Waals surface area contributed by atoms with E-state index >= 15 is 0 Å². The molecule has 2 aromatic rings. The largest absolute Gasteiger partial charge is 0.358 e. The first-order chi connectivity index (χ1) is 5.88. The van der Waals surface area contributed by atoms with Gasteiger partial charge in [-0.1, -0.05) is 6.07 Å². The van der Waals surface area contributed by atoms with Gasteiger partial charge in [-0.15, -0.1) is 11.3 Å². The zero-order valence-electron chi connectivity index (χ0n) is 6.28. The molecule has 3 heteroatoms. The second kappa shape index (κ2) is 2.95. The van der Waals surface area contributed by atoms with Crippen molar-refractivity contribution >= 4 is 17.1 Å². The first-order valence-corrected chi connectivity index (χ1v) is 4.47. The lowest BCUT2D eigenvalue weighted by Gasteiger charge is -1.91. The van der Waals surface area contributed by atoms with Gasteiger partial charge in [-0.25, -0.2) is 0 Å². The van der Waals surface area contributed by atoms with Gasteiger partial charge in [0.15, 0.2) is 0 Å². The molecule has 12 heavy (non-hydrogen) atoms. The van der Waals surface area contributed by atoms with Crippen molar-refractivity contribution in [1.82, 2.24) is 4.98 Å². The number of ketones is 1. The maximum Gasteiger partial charge on any atom is 0.219 e. The summed E-state index contributed by atoms with van der Waals surface area (Å²) in [6, 6.07) is 7.30. The van der Waals surface area contributed by atoms with E-state index in [1.165, 1.54) is 11.3 Å². The highest BCUT2D eigenvalue weighted by atomic mass is 32.1. The summed E-state index contributed by atoms with van der Waals surface area (Å²) < 4.78 is 0. The van der Waals surface area contributed by atoms with Crippen molar-refractivity contribution in [3.8, 4) is 0 Å². The van der Waals surface area contributed by atoms with Crippen molar-refractivity contribution in [3.63, 3.8) is 0 Å². The van der Waals surface area contributed by atoms with Crippen LogP contribution in [0, 0.1) is 0 Å². The van der Waals surface area contributed by atoms with Gasteiger partial charge in [-0.05, 0) is 23.6 Å². The highest BCUT2D eigenvalue weighted by Crippen LogP contribution is 2.13. The normalized spacial score (nSPS) is 10.0. The monoisotopic (exact) mass is 177 g/mol. The van der Waals surface area contributed by atoms with Crippen LogP contribution in [0.2, 0.25) is 0 Å². The molecule has 0 fully saturated rings. The van der Waals surface area contributed by atoms with Gasteiger partial charge >= 0.3 is 0 Å². The van der Waals surface area contributed by atoms with Crippen LogP contribution in [0.1, 0.15) is 15.4 Å². The molecule has 1 N–H and O–H groups in total. The molecule has 0 aliphatic rings. The molecule has 0 saturated carbocycles. The molecular weight excluding hydrogens is 170 g/mol. The van der Waals surface area contributed by atoms with Crippen molar-refractivity contribution in [3.05, 3.63) is 46.4 Å². The summed E-state index contributed by atoms with van der Waals surface area (Å²) >= 11 is 1.46. The van der Waals surface area contributed by atoms with Crippen molar-refractivity contribution in [2.24, 2.45) is 0 Å². The Morgan fingerprint density at radius 1 is 1.33 bits per heavy atom. The zero-order valence-corrected chi connectivity index (χ0v) is 7.10. The summed E-state index contributed by atoms with van der Waals surface area (Å²) in [5.74, 6) is 0.0648. The molecule has 0 aliphatic heterocycles. The summed E-state index contributed by atoms with van der Waals surface area (Å²) in [5, 5.41) is 1.90. The van der Waals surface area contributed by atoms with Crippen molar-refractivity contribution in [1.29, 1.82) is 0 Å². The third kappa shape index (κ3) is 1.19. The van der Waals surface area contributed by atoms with E-state index in [-0.39, 0.29) is 5.78 Å². The van der Waals surface area contributed by atoms with Gasteiger partial charge in [-0.2, -0.15) is 0 Å². The molecule has 2 nitrogen and oxygen atoms in total. The molecule has 0 unspecified atom stereocenters. The third-order valence-corrected chi connectivity index (χ3v) is 2.46. The van der Waals surface area contributed by atoms with E-state index in [0.29, 0.717) is 5.69 Å². The molecule has 0 spiro atoms. The number of rotatable bonds is 2. The van der Waals surface area contributed by atoms with Gasteiger partial charge < -0.3 is 4.98 Å². The van der Waals surface area contributed by atoms with Gasteiger partial charge in [0.1, 0.15) is 0 Å². The lowest BCUT2D eigenvalue weighted by Crippen LogP contribution is -1.97. The molecule has 0 saturated heterocycles. The maximum absolute atomic E-state index is 11.5. The molecule has 0 aliphatic carbocycles. The molecule has 2 rings (SSSR count). The molecule has 0 amide bonds. The van der Waals surface area contributed by atoms with Gasteiger partial charge in [0.05, 0.1) is 10.6 Å². The standard InChI is InChI=1S/C9H7NOS/c11-9(7-3-1-5-10-7)8-4-2-6-12-8/h1-6,10H. The number of aromatic nitrogens is 1. The average molecular weight is 177 g/mol. The molecule has 2 heterocycles. The van der Waals surface area contributed by atoms with Gasteiger partial charge in [0.25, 0.3) is 0 Å². The molecule has 2 aromatic heterocycles. The Hall–Kier alpha value is -1.35. The SMILES string of the molecule is O=C(c1ccc[nH]1)c1cccs1. The summed E-state index contributed by atoms with van der Waals surface area (Å²) in [6.45, 7) is 0. The van der Waals surface area contributed by atoms with Crippen molar-refractivity contribution in [2.75, 3.05) is 0 Å². The summed E-state index contributed by atoms with van der Waals surface area (Å²) in [5.41, 5.74) is 0.650. The van der Waals surface area contributed by atoms with Crippen LogP contribution in [0.25, 0.3) is 0 Å². The smallest absolute Gasteiger partial charge is 0.219 e. The predicted molar refractivity (Wildman–Crippen MR) is 48.5 cm³/mol. The average Bonchev–Trinajstić information content (AvgIpc) is 2.77. The summed E-state index contributed by atoms with van der Waals surface area (Å²) in [7, 11) is 0. The fraction of sp³-hybridized carbons (Fsp3) is 0. The number of hydrogen-bond acceptors (Lipinski definition) is 2. The highest BCUT2D eigenvalue weighted by Gasteiger charge is 2.09. The first-order valence-electron chi connectivity index (χ1n) is 3.59. The number of thiophene rings is 1. The highest BCUT2D eigenvalue weighted by molar-refractivity contribution is 7.12. The van der Waals surface area contributed by atoms with Gasteiger partial charge in [-0.3, -0.25) is 4.79 Å². The zero-order chi connectivity index (χ0) is 8.39. The number of H-pyrrole nitrogens is 1. The molecule has 0 radical (unpaired) electrons. The summed E-state index contributed by atoms with van der Waals surface area (Å²) in [4.78, 5) is 15.2. The Kier molecular flexibility index (Phi) is 1.80. The minimum absolute atomic E-state index is 0.0648. The van der Waals surface area contributed by atoms with E-state index in [1.807, 2.05) is 23.6 Å². The molecule has 0 aromatic carbocycles. The van der Waals surface area contributed by atoms with Gasteiger partial charge in [0, 0.05) is 6.20 Å². The fourth-order valence-electron chi connectivity index (χ4n) is 1.01. The van der Waals surface area contributed by atoms with Crippen LogP contribution in [0.15, 0.2) is 35.8 Å². The Morgan fingerprint density at radius 2 is 2.25 bits per heavy atom. The van der Waals surface area contributed by atoms with Crippen LogP contribution >= 0.6 is 11.3 Å². The number of carbonyl (C=O) groups excluding carboxylic acids is 1. The number of hydrogen-bond donors (Lipinski definition) is 1. The van der Waals surface area contributed by atoms with E-state index in [2.05, 4.69) is 4.98 Å². The summed E-state index contributed by atoms with van der Waals surface area (Å²) in [6.07, 6.45) is 1.75. The second-order valence-corrected chi connectivity index (χ2v) is 3.34. The Bertz CT molecular complexity index is 325. The molecule has 0 atom stereocenters. The van der Waals surface area contributed by atoms with Crippen molar-refractivity contribution < 1.29 is 4.79 Å². The fourth-order valence-corrected chi connectivity index (χ4v) is 1.69.